The third-order valence-corrected chi connectivity index (χ3v) is 5.65. The molecular weight excluding hydrogens is 328 g/mol. The molecule has 1 aromatic heterocycles. The fourth-order valence-electron chi connectivity index (χ4n) is 3.23. The summed E-state index contributed by atoms with van der Waals surface area (Å²) in [6.45, 7) is 2.06. The van der Waals surface area contributed by atoms with Crippen LogP contribution < -0.4 is 10.1 Å². The molecule has 128 valence electrons. The van der Waals surface area contributed by atoms with Gasteiger partial charge in [0.2, 0.25) is 0 Å². The van der Waals surface area contributed by atoms with Gasteiger partial charge in [0.25, 0.3) is 0 Å². The molecule has 0 unspecified atom stereocenters. The van der Waals surface area contributed by atoms with Gasteiger partial charge in [0, 0.05) is 30.3 Å². The quantitative estimate of drug-likeness (QED) is 0.883. The number of sulfone groups is 1. The van der Waals surface area contributed by atoms with E-state index in [0.29, 0.717) is 13.2 Å². The average Bonchev–Trinajstić information content (AvgIpc) is 3.09. The standard InChI is InChI=1S/C16H20N4O3S/c1-24(21,22)11-16(4-5-16)10-20-9-14(18-19-20)12-2-3-15-13(8-12)17-6-7-23-15/h2-3,8-9,17H,4-7,10-11H2,1H3. The monoisotopic (exact) mass is 348 g/mol. The summed E-state index contributed by atoms with van der Waals surface area (Å²) >= 11 is 0. The minimum absolute atomic E-state index is 0.163. The van der Waals surface area contributed by atoms with Crippen LogP contribution >= 0.6 is 0 Å². The van der Waals surface area contributed by atoms with E-state index in [-0.39, 0.29) is 11.2 Å². The molecule has 4 rings (SSSR count). The van der Waals surface area contributed by atoms with Crippen molar-refractivity contribution >= 4 is 15.5 Å². The van der Waals surface area contributed by atoms with Crippen LogP contribution in [0.5, 0.6) is 5.75 Å². The molecule has 0 spiro atoms. The summed E-state index contributed by atoms with van der Waals surface area (Å²) in [5.74, 6) is 1.07. The zero-order chi connectivity index (χ0) is 16.8. The minimum atomic E-state index is -2.98. The van der Waals surface area contributed by atoms with Crippen molar-refractivity contribution in [3.05, 3.63) is 24.4 Å². The SMILES string of the molecule is CS(=O)(=O)CC1(Cn2cc(-c3ccc4c(c3)NCCO4)nn2)CC1. The first kappa shape index (κ1) is 15.4. The Labute approximate surface area is 140 Å². The summed E-state index contributed by atoms with van der Waals surface area (Å²) in [7, 11) is -2.98. The van der Waals surface area contributed by atoms with Crippen LogP contribution in [0.3, 0.4) is 0 Å². The first-order valence-corrected chi connectivity index (χ1v) is 10.1. The molecule has 1 aromatic carbocycles. The maximum absolute atomic E-state index is 11.6. The number of hydrogen-bond donors (Lipinski definition) is 1. The fourth-order valence-corrected chi connectivity index (χ4v) is 4.73. The predicted molar refractivity (Wildman–Crippen MR) is 90.8 cm³/mol. The topological polar surface area (TPSA) is 86.1 Å². The summed E-state index contributed by atoms with van der Waals surface area (Å²) < 4.78 is 30.5. The van der Waals surface area contributed by atoms with Gasteiger partial charge < -0.3 is 10.1 Å². The largest absolute Gasteiger partial charge is 0.490 e. The summed E-state index contributed by atoms with van der Waals surface area (Å²) in [5, 5.41) is 11.7. The Bertz CT molecular complexity index is 871. The van der Waals surface area contributed by atoms with Crippen LogP contribution in [0.1, 0.15) is 12.8 Å². The zero-order valence-electron chi connectivity index (χ0n) is 13.5. The van der Waals surface area contributed by atoms with Gasteiger partial charge in [-0.05, 0) is 31.0 Å². The van der Waals surface area contributed by atoms with Crippen molar-refractivity contribution in [1.82, 2.24) is 15.0 Å². The van der Waals surface area contributed by atoms with Crippen molar-refractivity contribution in [2.24, 2.45) is 5.41 Å². The second kappa shape index (κ2) is 5.47. The lowest BCUT2D eigenvalue weighted by atomic mass is 10.1. The van der Waals surface area contributed by atoms with Gasteiger partial charge in [0.15, 0.2) is 0 Å². The normalized spacial score (nSPS) is 18.4. The van der Waals surface area contributed by atoms with Gasteiger partial charge in [-0.1, -0.05) is 5.21 Å². The molecule has 0 saturated heterocycles. The number of benzene rings is 1. The van der Waals surface area contributed by atoms with Crippen molar-refractivity contribution in [1.29, 1.82) is 0 Å². The van der Waals surface area contributed by atoms with E-state index >= 15 is 0 Å². The molecule has 2 aliphatic rings. The molecule has 0 atom stereocenters. The molecule has 0 radical (unpaired) electrons. The van der Waals surface area contributed by atoms with E-state index in [9.17, 15) is 8.42 Å². The number of rotatable bonds is 5. The number of ether oxygens (including phenoxy) is 1. The van der Waals surface area contributed by atoms with Crippen LogP contribution in [0.2, 0.25) is 0 Å². The maximum Gasteiger partial charge on any atom is 0.148 e. The van der Waals surface area contributed by atoms with Crippen LogP contribution in [0.4, 0.5) is 5.69 Å². The lowest BCUT2D eigenvalue weighted by Crippen LogP contribution is -2.21. The molecule has 7 nitrogen and oxygen atoms in total. The van der Waals surface area contributed by atoms with Gasteiger partial charge in [0.1, 0.15) is 27.9 Å². The lowest BCUT2D eigenvalue weighted by Gasteiger charge is -2.19. The number of nitrogens with one attached hydrogen (secondary N) is 1. The average molecular weight is 348 g/mol. The number of nitrogens with zero attached hydrogens (tertiary/aromatic N) is 3. The van der Waals surface area contributed by atoms with Crippen LogP contribution in [0, 0.1) is 5.41 Å². The van der Waals surface area contributed by atoms with E-state index in [1.165, 1.54) is 6.26 Å². The number of hydrogen-bond acceptors (Lipinski definition) is 6. The molecule has 24 heavy (non-hydrogen) atoms. The van der Waals surface area contributed by atoms with E-state index in [2.05, 4.69) is 15.6 Å². The molecule has 0 amide bonds. The Morgan fingerprint density at radius 2 is 2.21 bits per heavy atom. The van der Waals surface area contributed by atoms with Crippen molar-refractivity contribution < 1.29 is 13.2 Å². The highest BCUT2D eigenvalue weighted by atomic mass is 32.2. The van der Waals surface area contributed by atoms with Gasteiger partial charge in [-0.2, -0.15) is 0 Å². The highest BCUT2D eigenvalue weighted by molar-refractivity contribution is 7.90. The molecular formula is C16H20N4O3S. The van der Waals surface area contributed by atoms with E-state index in [0.717, 1.165) is 42.1 Å². The van der Waals surface area contributed by atoms with Gasteiger partial charge in [-0.3, -0.25) is 4.68 Å². The maximum atomic E-state index is 11.6. The number of aromatic nitrogens is 3. The van der Waals surface area contributed by atoms with Gasteiger partial charge in [-0.15, -0.1) is 5.10 Å². The van der Waals surface area contributed by atoms with E-state index < -0.39 is 9.84 Å². The van der Waals surface area contributed by atoms with E-state index in [1.54, 1.807) is 4.68 Å². The molecule has 2 heterocycles. The molecule has 0 bridgehead atoms. The smallest absolute Gasteiger partial charge is 0.148 e. The van der Waals surface area contributed by atoms with Gasteiger partial charge >= 0.3 is 0 Å². The summed E-state index contributed by atoms with van der Waals surface area (Å²) in [6, 6.07) is 5.90. The summed E-state index contributed by atoms with van der Waals surface area (Å²) in [4.78, 5) is 0. The van der Waals surface area contributed by atoms with Crippen LogP contribution in [-0.4, -0.2) is 48.6 Å². The molecule has 1 aliphatic heterocycles. The summed E-state index contributed by atoms with van der Waals surface area (Å²) in [6.07, 6.45) is 5.03. The van der Waals surface area contributed by atoms with Crippen molar-refractivity contribution in [2.45, 2.75) is 19.4 Å². The van der Waals surface area contributed by atoms with Crippen molar-refractivity contribution in [3.63, 3.8) is 0 Å². The second-order valence-electron chi connectivity index (χ2n) is 6.86. The Hall–Kier alpha value is -2.09. The lowest BCUT2D eigenvalue weighted by molar-refractivity contribution is 0.323. The molecule has 1 fully saturated rings. The highest BCUT2D eigenvalue weighted by Crippen LogP contribution is 2.48. The Morgan fingerprint density at radius 1 is 1.38 bits per heavy atom. The summed E-state index contributed by atoms with van der Waals surface area (Å²) in [5.41, 5.74) is 2.54. The van der Waals surface area contributed by atoms with Crippen LogP contribution in [-0.2, 0) is 16.4 Å². The molecule has 2 aromatic rings. The third-order valence-electron chi connectivity index (χ3n) is 4.51. The van der Waals surface area contributed by atoms with Crippen LogP contribution in [0.15, 0.2) is 24.4 Å². The zero-order valence-corrected chi connectivity index (χ0v) is 14.3. The molecule has 1 N–H and O–H groups in total. The van der Waals surface area contributed by atoms with Crippen LogP contribution in [0.25, 0.3) is 11.3 Å². The van der Waals surface area contributed by atoms with Gasteiger partial charge in [0.05, 0.1) is 17.6 Å². The minimum Gasteiger partial charge on any atom is -0.490 e. The predicted octanol–water partition coefficient (Wildman–Crippen LogP) is 1.57. The first-order valence-electron chi connectivity index (χ1n) is 8.02. The fraction of sp³-hybridized carbons (Fsp3) is 0.500. The van der Waals surface area contributed by atoms with Crippen molar-refractivity contribution in [3.8, 4) is 17.0 Å². The number of fused-ring (bicyclic) bond motifs is 1. The Morgan fingerprint density at radius 3 is 2.96 bits per heavy atom. The Kier molecular flexibility index (Phi) is 3.52. The van der Waals surface area contributed by atoms with Gasteiger partial charge in [-0.25, -0.2) is 8.42 Å². The van der Waals surface area contributed by atoms with E-state index in [1.807, 2.05) is 24.4 Å². The molecule has 8 heteroatoms. The third kappa shape index (κ3) is 3.24. The van der Waals surface area contributed by atoms with Crippen molar-refractivity contribution in [2.75, 3.05) is 30.5 Å². The first-order chi connectivity index (χ1) is 11.4. The molecule has 1 aliphatic carbocycles. The number of anilines is 1. The highest BCUT2D eigenvalue weighted by Gasteiger charge is 2.45. The second-order valence-corrected chi connectivity index (χ2v) is 9.00. The van der Waals surface area contributed by atoms with E-state index in [4.69, 9.17) is 4.74 Å². The molecule has 1 saturated carbocycles. The Balaban J connectivity index is 1.53.